The Morgan fingerprint density at radius 1 is 1.42 bits per heavy atom. The van der Waals surface area contributed by atoms with Gasteiger partial charge in [0.15, 0.2) is 0 Å². The van der Waals surface area contributed by atoms with E-state index in [0.29, 0.717) is 40.6 Å². The van der Waals surface area contributed by atoms with Crippen LogP contribution in [0.2, 0.25) is 0 Å². The van der Waals surface area contributed by atoms with Gasteiger partial charge in [-0.05, 0) is 17.5 Å². The molecule has 1 amide bonds. The molecule has 1 aromatic carbocycles. The first-order valence-corrected chi connectivity index (χ1v) is 10.4. The number of hydrogen-bond acceptors (Lipinski definition) is 6. The molecule has 0 aliphatic heterocycles. The molecule has 3 rings (SSSR count). The Balaban J connectivity index is 2.11. The summed E-state index contributed by atoms with van der Waals surface area (Å²) >= 11 is 1.13. The van der Waals surface area contributed by atoms with Crippen molar-refractivity contribution in [3.8, 4) is 6.07 Å². The summed E-state index contributed by atoms with van der Waals surface area (Å²) in [5.41, 5.74) is 7.64. The number of rotatable bonds is 8. The van der Waals surface area contributed by atoms with Crippen molar-refractivity contribution in [1.82, 2.24) is 15.0 Å². The van der Waals surface area contributed by atoms with E-state index in [2.05, 4.69) is 25.9 Å². The summed E-state index contributed by atoms with van der Waals surface area (Å²) in [4.78, 5) is 29.6. The number of carbonyl (C=O) groups is 1. The molecule has 1 atom stereocenters. The van der Waals surface area contributed by atoms with Gasteiger partial charge in [-0.2, -0.15) is 5.26 Å². The smallest absolute Gasteiger partial charge is 0.235 e. The van der Waals surface area contributed by atoms with E-state index < -0.39 is 11.2 Å². The lowest BCUT2D eigenvalue weighted by molar-refractivity contribution is -0.117. The molecule has 156 valence electrons. The summed E-state index contributed by atoms with van der Waals surface area (Å²) < 4.78 is 0. The lowest BCUT2D eigenvalue weighted by Gasteiger charge is -2.23. The Hall–Kier alpha value is -3.82. The standard InChI is InChI=1S/C22H21N7OS/c1-4-15-16(12-23)22(31-19(20(24)30)14-8-6-5-7-9-14)28-21(18(15)25-2)29(3)13-17-26-10-11-27-17/h5-11,19H,4,13H2,1,3H3,(H2,24,30)(H,26,27). The molecule has 0 saturated carbocycles. The van der Waals surface area contributed by atoms with Crippen LogP contribution in [0.1, 0.15) is 34.7 Å². The van der Waals surface area contributed by atoms with E-state index in [9.17, 15) is 10.1 Å². The van der Waals surface area contributed by atoms with Crippen LogP contribution in [0, 0.1) is 17.9 Å². The van der Waals surface area contributed by atoms with Crippen molar-refractivity contribution in [3.05, 3.63) is 76.7 Å². The maximum absolute atomic E-state index is 12.2. The van der Waals surface area contributed by atoms with Crippen molar-refractivity contribution in [2.45, 2.75) is 30.2 Å². The quantitative estimate of drug-likeness (QED) is 0.414. The number of pyridine rings is 1. The normalized spacial score (nSPS) is 11.4. The second-order valence-corrected chi connectivity index (χ2v) is 7.82. The van der Waals surface area contributed by atoms with E-state index >= 15 is 0 Å². The second kappa shape index (κ2) is 9.79. The van der Waals surface area contributed by atoms with Crippen molar-refractivity contribution in [2.75, 3.05) is 11.9 Å². The Labute approximate surface area is 184 Å². The molecular weight excluding hydrogens is 410 g/mol. The fraction of sp³-hybridized carbons (Fsp3) is 0.227. The van der Waals surface area contributed by atoms with Crippen molar-refractivity contribution in [3.63, 3.8) is 0 Å². The molecule has 0 bridgehead atoms. The van der Waals surface area contributed by atoms with Crippen LogP contribution < -0.4 is 10.6 Å². The van der Waals surface area contributed by atoms with Crippen LogP contribution in [0.25, 0.3) is 4.85 Å². The minimum absolute atomic E-state index is 0.302. The van der Waals surface area contributed by atoms with Crippen LogP contribution >= 0.6 is 11.8 Å². The zero-order valence-electron chi connectivity index (χ0n) is 17.2. The summed E-state index contributed by atoms with van der Waals surface area (Å²) in [6.45, 7) is 9.99. The van der Waals surface area contributed by atoms with Crippen molar-refractivity contribution < 1.29 is 4.79 Å². The monoisotopic (exact) mass is 431 g/mol. The third-order valence-corrected chi connectivity index (χ3v) is 5.95. The minimum atomic E-state index is -0.715. The van der Waals surface area contributed by atoms with Gasteiger partial charge in [0.1, 0.15) is 28.0 Å². The Morgan fingerprint density at radius 2 is 2.16 bits per heavy atom. The van der Waals surface area contributed by atoms with Crippen LogP contribution in [0.4, 0.5) is 11.5 Å². The SMILES string of the molecule is [C-]#[N+]c1c(N(C)Cc2ncc[nH]2)nc(SC(C(N)=O)c2ccccc2)c(C#N)c1CC. The lowest BCUT2D eigenvalue weighted by Crippen LogP contribution is -2.21. The Kier molecular flexibility index (Phi) is 6.91. The molecule has 0 radical (unpaired) electrons. The second-order valence-electron chi connectivity index (χ2n) is 6.72. The molecule has 0 fully saturated rings. The number of aromatic nitrogens is 3. The summed E-state index contributed by atoms with van der Waals surface area (Å²) in [7, 11) is 1.81. The molecule has 8 nitrogen and oxygen atoms in total. The first-order chi connectivity index (χ1) is 15.0. The van der Waals surface area contributed by atoms with E-state index in [-0.39, 0.29) is 0 Å². The first-order valence-electron chi connectivity index (χ1n) is 9.54. The first kappa shape index (κ1) is 21.9. The number of benzene rings is 1. The van der Waals surface area contributed by atoms with Crippen LogP contribution in [0.15, 0.2) is 47.8 Å². The highest BCUT2D eigenvalue weighted by molar-refractivity contribution is 8.00. The number of nitriles is 1. The summed E-state index contributed by atoms with van der Waals surface area (Å²) in [6.07, 6.45) is 3.85. The van der Waals surface area contributed by atoms with Crippen LogP contribution in [0.5, 0.6) is 0 Å². The van der Waals surface area contributed by atoms with Crippen molar-refractivity contribution in [2.24, 2.45) is 5.73 Å². The third kappa shape index (κ3) is 4.68. The number of nitrogens with zero attached hydrogens (tertiary/aromatic N) is 5. The van der Waals surface area contributed by atoms with Gasteiger partial charge in [-0.3, -0.25) is 4.79 Å². The number of hydrogen-bond donors (Lipinski definition) is 2. The zero-order chi connectivity index (χ0) is 22.4. The van der Waals surface area contributed by atoms with E-state index in [4.69, 9.17) is 12.3 Å². The number of aromatic amines is 1. The van der Waals surface area contributed by atoms with E-state index in [0.717, 1.165) is 23.1 Å². The molecule has 0 saturated heterocycles. The highest BCUT2D eigenvalue weighted by Gasteiger charge is 2.26. The number of anilines is 1. The predicted molar refractivity (Wildman–Crippen MR) is 120 cm³/mol. The molecule has 9 heteroatoms. The van der Waals surface area contributed by atoms with Gasteiger partial charge in [0, 0.05) is 19.4 Å². The van der Waals surface area contributed by atoms with E-state index in [1.165, 1.54) is 0 Å². The summed E-state index contributed by atoms with van der Waals surface area (Å²) in [5.74, 6) is 0.622. The minimum Gasteiger partial charge on any atom is -0.368 e. The molecule has 0 aliphatic rings. The van der Waals surface area contributed by atoms with Gasteiger partial charge >= 0.3 is 0 Å². The average Bonchev–Trinajstić information content (AvgIpc) is 3.29. The molecule has 0 spiro atoms. The van der Waals surface area contributed by atoms with Gasteiger partial charge in [0.05, 0.1) is 18.7 Å². The molecule has 3 N–H and O–H groups in total. The summed E-state index contributed by atoms with van der Waals surface area (Å²) in [5, 5.41) is 9.52. The van der Waals surface area contributed by atoms with Crippen LogP contribution in [-0.2, 0) is 17.8 Å². The van der Waals surface area contributed by atoms with E-state index in [1.807, 2.05) is 44.3 Å². The Bertz CT molecular complexity index is 1150. The van der Waals surface area contributed by atoms with Crippen LogP contribution in [-0.4, -0.2) is 27.9 Å². The predicted octanol–water partition coefficient (Wildman–Crippen LogP) is 3.74. The average molecular weight is 432 g/mol. The van der Waals surface area contributed by atoms with Crippen molar-refractivity contribution >= 4 is 29.2 Å². The number of nitrogens with two attached hydrogens (primary N) is 1. The summed E-state index contributed by atoms with van der Waals surface area (Å²) in [6, 6.07) is 11.3. The fourth-order valence-electron chi connectivity index (χ4n) is 3.23. The van der Waals surface area contributed by atoms with Gasteiger partial charge in [0.2, 0.25) is 11.6 Å². The number of amides is 1. The number of H-pyrrole nitrogens is 1. The molecule has 2 heterocycles. The number of thioether (sulfide) groups is 1. The highest BCUT2D eigenvalue weighted by atomic mass is 32.2. The third-order valence-electron chi connectivity index (χ3n) is 4.69. The van der Waals surface area contributed by atoms with Gasteiger partial charge < -0.3 is 15.6 Å². The molecule has 2 aromatic heterocycles. The molecular formula is C22H21N7OS. The van der Waals surface area contributed by atoms with E-state index in [1.54, 1.807) is 17.3 Å². The van der Waals surface area contributed by atoms with Gasteiger partial charge in [-0.25, -0.2) is 14.8 Å². The fourth-order valence-corrected chi connectivity index (χ4v) is 4.29. The largest absolute Gasteiger partial charge is 0.368 e. The topological polar surface area (TPSA) is 116 Å². The number of imidazole rings is 1. The van der Waals surface area contributed by atoms with Crippen molar-refractivity contribution in [1.29, 1.82) is 5.26 Å². The highest BCUT2D eigenvalue weighted by Crippen LogP contribution is 2.42. The Morgan fingerprint density at radius 3 is 2.71 bits per heavy atom. The zero-order valence-corrected chi connectivity index (χ0v) is 18.0. The maximum Gasteiger partial charge on any atom is 0.235 e. The lowest BCUT2D eigenvalue weighted by atomic mass is 10.1. The van der Waals surface area contributed by atoms with Crippen LogP contribution in [0.3, 0.4) is 0 Å². The number of carbonyl (C=O) groups excluding carboxylic acids is 1. The molecule has 0 aliphatic carbocycles. The molecule has 1 unspecified atom stereocenters. The number of nitrogens with one attached hydrogen (secondary N) is 1. The van der Waals surface area contributed by atoms with Gasteiger partial charge in [-0.1, -0.05) is 49.0 Å². The molecule has 31 heavy (non-hydrogen) atoms. The van der Waals surface area contributed by atoms with Gasteiger partial charge in [-0.15, -0.1) is 0 Å². The molecule has 3 aromatic rings. The number of primary amides is 1. The maximum atomic E-state index is 12.2. The van der Waals surface area contributed by atoms with Gasteiger partial charge in [0.25, 0.3) is 0 Å².